The van der Waals surface area contributed by atoms with Crippen LogP contribution in [-0.4, -0.2) is 103 Å². The molecule has 0 aliphatic heterocycles. The molecule has 0 aliphatic carbocycles. The average Bonchev–Trinajstić information content (AvgIpc) is 3.13. The molecular weight excluding hydrogens is 1010 g/mol. The Balaban J connectivity index is 3.81. The second-order valence-corrected chi connectivity index (χ2v) is 15.4. The van der Waals surface area contributed by atoms with E-state index in [0.717, 1.165) is 32.0 Å². The third kappa shape index (κ3) is 11.4. The number of carbonyl (C=O) groups excluding carboxylic acids is 3. The second kappa shape index (κ2) is 19.0. The molecule has 0 bridgehead atoms. The molecule has 1 rings (SSSR count). The molecule has 0 saturated carbocycles. The summed E-state index contributed by atoms with van der Waals surface area (Å²) in [4.78, 5) is 51.3. The lowest BCUT2D eigenvalue weighted by molar-refractivity contribution is -0.461. The maximum Gasteiger partial charge on any atom is 0.460 e. The van der Waals surface area contributed by atoms with Crippen molar-refractivity contribution in [3.8, 4) is 0 Å². The molecule has 8 nitrogen and oxygen atoms in total. The number of aromatic carboxylic acids is 1. The minimum absolute atomic E-state index is 0.192. The third-order valence-electron chi connectivity index (χ3n) is 9.93. The Morgan fingerprint density at radius 1 is 0.667 bits per heavy atom. The normalized spacial score (nSPS) is 15.8. The minimum atomic E-state index is -9.00. The largest absolute Gasteiger partial charge is 0.478 e. The van der Waals surface area contributed by atoms with E-state index in [9.17, 15) is 125 Å². The Bertz CT molecular complexity index is 1920. The zero-order chi connectivity index (χ0) is 52.7. The zero-order valence-electron chi connectivity index (χ0n) is 33.1. The number of esters is 2. The summed E-state index contributed by atoms with van der Waals surface area (Å²) in [6, 6.07) is 2.80. The number of hydrogen-bond acceptors (Lipinski definition) is 6. The Morgan fingerprint density at radius 3 is 1.50 bits per heavy atom. The van der Waals surface area contributed by atoms with E-state index in [2.05, 4.69) is 14.8 Å². The summed E-state index contributed by atoms with van der Waals surface area (Å²) in [7, 11) is 0.522. The van der Waals surface area contributed by atoms with Crippen LogP contribution in [0.1, 0.15) is 63.2 Å². The Morgan fingerprint density at radius 2 is 1.11 bits per heavy atom. The number of hydrogen-bond donors (Lipinski definition) is 2. The molecule has 0 aliphatic rings. The smallest absolute Gasteiger partial charge is 0.460 e. The van der Waals surface area contributed by atoms with E-state index in [1.165, 1.54) is 0 Å². The molecule has 1 aromatic rings. The van der Waals surface area contributed by atoms with Gasteiger partial charge in [0, 0.05) is 10.4 Å². The number of carboxylic acid groups (broad SMARTS) is 1. The summed E-state index contributed by atoms with van der Waals surface area (Å²) in [6.45, 7) is -0.407. The van der Waals surface area contributed by atoms with Gasteiger partial charge in [0.05, 0.1) is 42.7 Å². The molecule has 0 saturated heterocycles. The number of anilines is 1. The van der Waals surface area contributed by atoms with E-state index >= 15 is 0 Å². The summed E-state index contributed by atoms with van der Waals surface area (Å²) in [6.07, 6.45) is -31.3. The van der Waals surface area contributed by atoms with Gasteiger partial charge in [-0.1, -0.05) is 32.4 Å². The highest BCUT2D eigenvalue weighted by molar-refractivity contribution is 6.31. The van der Waals surface area contributed by atoms with Crippen molar-refractivity contribution in [1.82, 2.24) is 0 Å². The van der Waals surface area contributed by atoms with Crippen molar-refractivity contribution in [2.45, 2.75) is 113 Å². The topological polar surface area (TPSA) is 119 Å². The SMILES string of the molecule is CCC(CC(CC(C)(C)C(=O)Nc1cc(Cl)ccc1C(=O)O)C(=O)OC)(CC(C(F)(F)F)C(F)(F)F)C(=O)OCCC(F)(F)C(F)(F)C(F)(F)C(F)(F)C(F)(F)C(F)(F)C(F)(F)C(F)(F)F. The first-order chi connectivity index (χ1) is 29.0. The van der Waals surface area contributed by atoms with Crippen LogP contribution in [0, 0.1) is 22.7 Å². The predicted molar refractivity (Wildman–Crippen MR) is 175 cm³/mol. The van der Waals surface area contributed by atoms with Crippen LogP contribution in [0.5, 0.6) is 0 Å². The van der Waals surface area contributed by atoms with Crippen molar-refractivity contribution < 1.29 is 135 Å². The summed E-state index contributed by atoms with van der Waals surface area (Å²) >= 11 is 5.81. The molecule has 66 heavy (non-hydrogen) atoms. The lowest BCUT2D eigenvalue weighted by Crippen LogP contribution is -2.74. The first-order valence-electron chi connectivity index (χ1n) is 17.5. The number of carboxylic acids is 1. The molecule has 0 spiro atoms. The number of amides is 1. The van der Waals surface area contributed by atoms with Gasteiger partial charge in [0.15, 0.2) is 5.92 Å². The van der Waals surface area contributed by atoms with Gasteiger partial charge in [0.2, 0.25) is 5.91 Å². The van der Waals surface area contributed by atoms with Gasteiger partial charge in [-0.25, -0.2) is 4.79 Å². The number of halogens is 24. The summed E-state index contributed by atoms with van der Waals surface area (Å²) < 4.78 is 325. The van der Waals surface area contributed by atoms with E-state index in [0.29, 0.717) is 14.0 Å². The van der Waals surface area contributed by atoms with Crippen LogP contribution >= 0.6 is 11.6 Å². The number of benzene rings is 1. The van der Waals surface area contributed by atoms with Gasteiger partial charge in [-0.05, 0) is 43.9 Å². The highest BCUT2D eigenvalue weighted by Crippen LogP contribution is 2.64. The molecule has 0 radical (unpaired) electrons. The number of methoxy groups -OCH3 is 1. The van der Waals surface area contributed by atoms with Crippen molar-refractivity contribution in [2.75, 3.05) is 19.0 Å². The fraction of sp³-hybridized carbons (Fsp3) is 0.706. The van der Waals surface area contributed by atoms with Crippen LogP contribution in [-0.2, 0) is 23.9 Å². The van der Waals surface area contributed by atoms with Gasteiger partial charge in [0.25, 0.3) is 0 Å². The number of ether oxygens (including phenoxy) is 2. The highest BCUT2D eigenvalue weighted by atomic mass is 35.5. The molecule has 0 fully saturated rings. The maximum atomic E-state index is 14.6. The number of rotatable bonds is 21. The van der Waals surface area contributed by atoms with Gasteiger partial charge >= 0.3 is 77.9 Å². The molecule has 0 heterocycles. The summed E-state index contributed by atoms with van der Waals surface area (Å²) in [5, 5.41) is 11.3. The molecule has 2 unspecified atom stereocenters. The molecule has 2 N–H and O–H groups in total. The molecule has 0 aromatic heterocycles. The number of nitrogens with one attached hydrogen (secondary N) is 1. The van der Waals surface area contributed by atoms with Crippen LogP contribution in [0.2, 0.25) is 5.02 Å². The average molecular weight is 1040 g/mol. The molecular formula is C34H31ClF23NO7. The van der Waals surface area contributed by atoms with Gasteiger partial charge in [-0.3, -0.25) is 14.4 Å². The van der Waals surface area contributed by atoms with Crippen molar-refractivity contribution in [1.29, 1.82) is 0 Å². The van der Waals surface area contributed by atoms with Crippen LogP contribution < -0.4 is 5.32 Å². The molecule has 2 atom stereocenters. The fourth-order valence-electron chi connectivity index (χ4n) is 5.95. The first kappa shape index (κ1) is 59.8. The van der Waals surface area contributed by atoms with E-state index in [-0.39, 0.29) is 5.02 Å². The van der Waals surface area contributed by atoms with Gasteiger partial charge in [-0.2, -0.15) is 101 Å². The van der Waals surface area contributed by atoms with Crippen molar-refractivity contribution in [2.24, 2.45) is 22.7 Å². The standard InChI is InChI=1S/C34H31ClF23NO7/c1-5-24(13-18(26(38,39)40)27(41,42)43,12-14(20(62)65-4)11-23(2,3)21(63)59-17-10-15(35)6-7-16(17)19(60)61)22(64)66-9-8-25(36,37)28(44,45)29(46,47)30(48,49)31(50,51)32(52,53)33(54,55)34(56,57)58/h6-7,10,14,18H,5,8-9,11-13H2,1-4H3,(H,59,63)(H,60,61). The Hall–Kier alpha value is -4.22. The van der Waals surface area contributed by atoms with Crippen LogP contribution in [0.15, 0.2) is 18.2 Å². The lowest BCUT2D eigenvalue weighted by Gasteiger charge is -2.42. The molecule has 382 valence electrons. The summed E-state index contributed by atoms with van der Waals surface area (Å²) in [5.74, 6) is -73.8. The van der Waals surface area contributed by atoms with Gasteiger partial charge in [-0.15, -0.1) is 0 Å². The molecule has 32 heteroatoms. The van der Waals surface area contributed by atoms with Crippen LogP contribution in [0.3, 0.4) is 0 Å². The van der Waals surface area contributed by atoms with E-state index in [4.69, 9.17) is 11.6 Å². The van der Waals surface area contributed by atoms with Gasteiger partial charge in [0.1, 0.15) is 0 Å². The fourth-order valence-corrected chi connectivity index (χ4v) is 6.13. The molecule has 1 aromatic carbocycles. The van der Waals surface area contributed by atoms with Crippen LogP contribution in [0.4, 0.5) is 107 Å². The third-order valence-corrected chi connectivity index (χ3v) is 10.2. The predicted octanol–water partition coefficient (Wildman–Crippen LogP) is 12.0. The lowest BCUT2D eigenvalue weighted by atomic mass is 9.68. The number of carbonyl (C=O) groups is 4. The Labute approximate surface area is 359 Å². The monoisotopic (exact) mass is 1040 g/mol. The van der Waals surface area contributed by atoms with E-state index in [1.807, 2.05) is 0 Å². The van der Waals surface area contributed by atoms with Crippen molar-refractivity contribution in [3.63, 3.8) is 0 Å². The minimum Gasteiger partial charge on any atom is -0.478 e. The maximum absolute atomic E-state index is 14.6. The van der Waals surface area contributed by atoms with Crippen LogP contribution in [0.25, 0.3) is 0 Å². The van der Waals surface area contributed by atoms with Crippen molar-refractivity contribution in [3.05, 3.63) is 28.8 Å². The quantitative estimate of drug-likeness (QED) is 0.0930. The molecule has 1 amide bonds. The zero-order valence-corrected chi connectivity index (χ0v) is 33.9. The second-order valence-electron chi connectivity index (χ2n) is 15.0. The highest BCUT2D eigenvalue weighted by Gasteiger charge is 2.95. The van der Waals surface area contributed by atoms with E-state index in [1.54, 1.807) is 0 Å². The van der Waals surface area contributed by atoms with Gasteiger partial charge < -0.3 is 19.9 Å². The number of alkyl halides is 23. The van der Waals surface area contributed by atoms with Crippen molar-refractivity contribution >= 4 is 41.1 Å². The summed E-state index contributed by atoms with van der Waals surface area (Å²) in [5.41, 5.74) is -6.91. The van der Waals surface area contributed by atoms with E-state index < -0.39 is 156 Å². The first-order valence-corrected chi connectivity index (χ1v) is 17.9. The Kier molecular flexibility index (Phi) is 17.3.